The lowest BCUT2D eigenvalue weighted by Gasteiger charge is -2.20. The molecule has 8 nitrogen and oxygen atoms in total. The Labute approximate surface area is 203 Å². The SMILES string of the molecule is Cc1ccc(-c2csc(NC(=O)c3ccc(S(=O)(=O)N(CCC#N)CCC#N)cc3)n2)cc1C. The molecular formula is C24H23N5O3S2. The summed E-state index contributed by atoms with van der Waals surface area (Å²) in [5, 5.41) is 22.7. The molecule has 0 aliphatic heterocycles. The van der Waals surface area contributed by atoms with Gasteiger partial charge >= 0.3 is 0 Å². The Hall–Kier alpha value is -3.57. The maximum atomic E-state index is 12.9. The number of anilines is 1. The average molecular weight is 494 g/mol. The monoisotopic (exact) mass is 493 g/mol. The Morgan fingerprint density at radius 3 is 2.26 bits per heavy atom. The highest BCUT2D eigenvalue weighted by Crippen LogP contribution is 2.27. The van der Waals surface area contributed by atoms with Gasteiger partial charge in [0.25, 0.3) is 5.91 Å². The van der Waals surface area contributed by atoms with Crippen molar-refractivity contribution in [1.82, 2.24) is 9.29 Å². The van der Waals surface area contributed by atoms with Crippen molar-refractivity contribution in [3.8, 4) is 23.4 Å². The van der Waals surface area contributed by atoms with Gasteiger partial charge in [-0.25, -0.2) is 13.4 Å². The van der Waals surface area contributed by atoms with Crippen molar-refractivity contribution in [2.24, 2.45) is 0 Å². The van der Waals surface area contributed by atoms with Crippen LogP contribution in [-0.2, 0) is 10.0 Å². The van der Waals surface area contributed by atoms with Crippen molar-refractivity contribution in [3.63, 3.8) is 0 Å². The van der Waals surface area contributed by atoms with Crippen LogP contribution in [0.2, 0.25) is 0 Å². The molecule has 3 aromatic rings. The number of aromatic nitrogens is 1. The second kappa shape index (κ2) is 11.0. The largest absolute Gasteiger partial charge is 0.298 e. The molecule has 0 aliphatic rings. The first-order chi connectivity index (χ1) is 16.3. The summed E-state index contributed by atoms with van der Waals surface area (Å²) in [6.45, 7) is 4.06. The summed E-state index contributed by atoms with van der Waals surface area (Å²) in [5.41, 5.74) is 4.36. The van der Waals surface area contributed by atoms with Crippen LogP contribution in [0.3, 0.4) is 0 Å². The number of rotatable bonds is 9. The highest BCUT2D eigenvalue weighted by Gasteiger charge is 2.24. The van der Waals surface area contributed by atoms with Gasteiger partial charge in [-0.3, -0.25) is 10.1 Å². The van der Waals surface area contributed by atoms with E-state index in [4.69, 9.17) is 10.5 Å². The Kier molecular flexibility index (Phi) is 8.13. The normalized spacial score (nSPS) is 11.1. The third kappa shape index (κ3) is 5.86. The Bertz CT molecular complexity index is 1350. The zero-order valence-corrected chi connectivity index (χ0v) is 20.4. The second-order valence-electron chi connectivity index (χ2n) is 7.54. The number of amides is 1. The molecule has 0 spiro atoms. The number of aryl methyl sites for hydroxylation is 2. The number of nitrogens with one attached hydrogen (secondary N) is 1. The third-order valence-electron chi connectivity index (χ3n) is 5.23. The molecule has 0 unspecified atom stereocenters. The lowest BCUT2D eigenvalue weighted by molar-refractivity contribution is 0.102. The number of nitrogens with zero attached hydrogens (tertiary/aromatic N) is 4. The van der Waals surface area contributed by atoms with Crippen molar-refractivity contribution >= 4 is 32.4 Å². The first-order valence-corrected chi connectivity index (χ1v) is 12.8. The number of hydrogen-bond donors (Lipinski definition) is 1. The van der Waals surface area contributed by atoms with E-state index in [1.165, 1.54) is 41.2 Å². The third-order valence-corrected chi connectivity index (χ3v) is 7.90. The van der Waals surface area contributed by atoms with E-state index in [2.05, 4.69) is 10.3 Å². The maximum Gasteiger partial charge on any atom is 0.257 e. The van der Waals surface area contributed by atoms with Gasteiger partial charge in [0.1, 0.15) is 0 Å². The maximum absolute atomic E-state index is 12.9. The van der Waals surface area contributed by atoms with Gasteiger partial charge in [0, 0.05) is 42.4 Å². The van der Waals surface area contributed by atoms with Crippen molar-refractivity contribution in [3.05, 3.63) is 64.5 Å². The van der Waals surface area contributed by atoms with Gasteiger partial charge in [-0.2, -0.15) is 14.8 Å². The number of sulfonamides is 1. The van der Waals surface area contributed by atoms with Crippen LogP contribution in [0.5, 0.6) is 0 Å². The predicted octanol–water partition coefficient (Wildman–Crippen LogP) is 4.50. The first-order valence-electron chi connectivity index (χ1n) is 10.4. The number of nitriles is 2. The molecule has 0 saturated carbocycles. The number of thiazole rings is 1. The van der Waals surface area contributed by atoms with Crippen molar-refractivity contribution in [2.75, 3.05) is 18.4 Å². The summed E-state index contributed by atoms with van der Waals surface area (Å²) in [6.07, 6.45) is 0.0339. The van der Waals surface area contributed by atoms with Crippen LogP contribution >= 0.6 is 11.3 Å². The molecule has 0 aliphatic carbocycles. The van der Waals surface area contributed by atoms with Crippen molar-refractivity contribution < 1.29 is 13.2 Å². The van der Waals surface area contributed by atoms with Crippen LogP contribution in [0, 0.1) is 36.5 Å². The summed E-state index contributed by atoms with van der Waals surface area (Å²) in [5.74, 6) is -0.407. The van der Waals surface area contributed by atoms with Gasteiger partial charge in [-0.05, 0) is 55.3 Å². The fraction of sp³-hybridized carbons (Fsp3) is 0.250. The molecule has 0 radical (unpaired) electrons. The van der Waals surface area contributed by atoms with E-state index in [1.54, 1.807) is 0 Å². The van der Waals surface area contributed by atoms with E-state index >= 15 is 0 Å². The zero-order valence-electron chi connectivity index (χ0n) is 18.8. The fourth-order valence-electron chi connectivity index (χ4n) is 3.16. The van der Waals surface area contributed by atoms with Crippen LogP contribution in [0.1, 0.15) is 34.3 Å². The number of hydrogen-bond acceptors (Lipinski definition) is 7. The van der Waals surface area contributed by atoms with Gasteiger partial charge in [-0.1, -0.05) is 12.1 Å². The van der Waals surface area contributed by atoms with Crippen molar-refractivity contribution in [2.45, 2.75) is 31.6 Å². The summed E-state index contributed by atoms with van der Waals surface area (Å²) in [7, 11) is -3.89. The molecular weight excluding hydrogens is 470 g/mol. The van der Waals surface area contributed by atoms with Gasteiger partial charge < -0.3 is 0 Å². The number of carbonyl (C=O) groups is 1. The minimum atomic E-state index is -3.89. The zero-order chi connectivity index (χ0) is 24.7. The minimum absolute atomic E-state index is 0.00433. The van der Waals surface area contributed by atoms with Gasteiger partial charge in [-0.15, -0.1) is 11.3 Å². The Balaban J connectivity index is 1.72. The Morgan fingerprint density at radius 2 is 1.68 bits per heavy atom. The lowest BCUT2D eigenvalue weighted by Crippen LogP contribution is -2.32. The molecule has 174 valence electrons. The molecule has 0 atom stereocenters. The highest BCUT2D eigenvalue weighted by molar-refractivity contribution is 7.89. The molecule has 0 saturated heterocycles. The lowest BCUT2D eigenvalue weighted by atomic mass is 10.1. The van der Waals surface area contributed by atoms with Gasteiger partial charge in [0.05, 0.1) is 22.7 Å². The van der Waals surface area contributed by atoms with Gasteiger partial charge in [0.15, 0.2) is 5.13 Å². The number of benzene rings is 2. The molecule has 0 fully saturated rings. The molecule has 1 aromatic heterocycles. The summed E-state index contributed by atoms with van der Waals surface area (Å²) in [4.78, 5) is 17.1. The first kappa shape index (κ1) is 25.1. The van der Waals surface area contributed by atoms with Crippen LogP contribution in [0.25, 0.3) is 11.3 Å². The van der Waals surface area contributed by atoms with E-state index in [0.717, 1.165) is 21.1 Å². The quantitative estimate of drug-likeness (QED) is 0.468. The van der Waals surface area contributed by atoms with Crippen molar-refractivity contribution in [1.29, 1.82) is 10.5 Å². The van der Waals surface area contributed by atoms with Crippen LogP contribution in [0.4, 0.5) is 5.13 Å². The highest BCUT2D eigenvalue weighted by atomic mass is 32.2. The van der Waals surface area contributed by atoms with E-state index in [-0.39, 0.29) is 36.4 Å². The van der Waals surface area contributed by atoms with E-state index < -0.39 is 15.9 Å². The molecule has 1 heterocycles. The molecule has 0 bridgehead atoms. The smallest absolute Gasteiger partial charge is 0.257 e. The summed E-state index contributed by atoms with van der Waals surface area (Å²) >= 11 is 1.31. The van der Waals surface area contributed by atoms with Crippen LogP contribution in [-0.4, -0.2) is 36.7 Å². The Morgan fingerprint density at radius 1 is 1.03 bits per heavy atom. The number of carbonyl (C=O) groups excluding carboxylic acids is 1. The second-order valence-corrected chi connectivity index (χ2v) is 10.3. The van der Waals surface area contributed by atoms with E-state index in [9.17, 15) is 13.2 Å². The van der Waals surface area contributed by atoms with E-state index in [0.29, 0.717) is 5.13 Å². The van der Waals surface area contributed by atoms with Crippen LogP contribution in [0.15, 0.2) is 52.7 Å². The molecule has 34 heavy (non-hydrogen) atoms. The van der Waals surface area contributed by atoms with E-state index in [1.807, 2.05) is 49.6 Å². The minimum Gasteiger partial charge on any atom is -0.298 e. The molecule has 2 aromatic carbocycles. The predicted molar refractivity (Wildman–Crippen MR) is 131 cm³/mol. The molecule has 10 heteroatoms. The topological polar surface area (TPSA) is 127 Å². The summed E-state index contributed by atoms with van der Waals surface area (Å²) < 4.78 is 26.9. The van der Waals surface area contributed by atoms with Crippen LogP contribution < -0.4 is 5.32 Å². The molecule has 1 N–H and O–H groups in total. The average Bonchev–Trinajstić information content (AvgIpc) is 3.29. The molecule has 1 amide bonds. The summed E-state index contributed by atoms with van der Waals surface area (Å²) in [6, 6.07) is 15.4. The molecule has 3 rings (SSSR count). The standard InChI is InChI=1S/C24H23N5O3S2/c1-17-5-6-20(15-18(17)2)22-16-33-24(27-22)28-23(30)19-7-9-21(10-8-19)34(31,32)29(13-3-11-25)14-4-12-26/h5-10,15-16H,3-4,13-14H2,1-2H3,(H,27,28,30). The van der Waals surface area contributed by atoms with Gasteiger partial charge in [0.2, 0.25) is 10.0 Å². The fourth-order valence-corrected chi connectivity index (χ4v) is 5.32.